The largest absolute Gasteiger partial charge is 0.393 e. The Hall–Kier alpha value is -1.05. The molecule has 1 aromatic carbocycles. The average molecular weight is 319 g/mol. The van der Waals surface area contributed by atoms with Crippen LogP contribution < -0.4 is 0 Å². The zero-order valence-electron chi connectivity index (χ0n) is 11.8. The second-order valence-corrected chi connectivity index (χ2v) is 7.49. The summed E-state index contributed by atoms with van der Waals surface area (Å²) in [5.41, 5.74) is 0. The van der Waals surface area contributed by atoms with Gasteiger partial charge in [-0.15, -0.1) is 0 Å². The first-order valence-electron chi connectivity index (χ1n) is 6.92. The van der Waals surface area contributed by atoms with E-state index in [0.717, 1.165) is 35.7 Å². The van der Waals surface area contributed by atoms with Crippen molar-refractivity contribution in [2.75, 3.05) is 13.6 Å². The lowest BCUT2D eigenvalue weighted by molar-refractivity contribution is 0.0620. The predicted octanol–water partition coefficient (Wildman–Crippen LogP) is 2.14. The average Bonchev–Trinajstić information content (AvgIpc) is 2.43. The Bertz CT molecular complexity index is 606. The standard InChI is InChI=1S/C14H19F2NO3S/c1-17(9-10-4-2-3-5-13(10)18)21(19,20)14-8-11(15)6-7-12(14)16/h6-8,10,13,18H,2-5,9H2,1H3. The third kappa shape index (κ3) is 3.59. The van der Waals surface area contributed by atoms with Gasteiger partial charge >= 0.3 is 0 Å². The van der Waals surface area contributed by atoms with E-state index in [1.807, 2.05) is 0 Å². The van der Waals surface area contributed by atoms with Crippen LogP contribution in [0.2, 0.25) is 0 Å². The van der Waals surface area contributed by atoms with Crippen LogP contribution in [0, 0.1) is 17.6 Å². The second-order valence-electron chi connectivity index (χ2n) is 5.47. The van der Waals surface area contributed by atoms with Crippen molar-refractivity contribution in [1.82, 2.24) is 4.31 Å². The van der Waals surface area contributed by atoms with Crippen molar-refractivity contribution >= 4 is 10.0 Å². The number of hydrogen-bond acceptors (Lipinski definition) is 3. The van der Waals surface area contributed by atoms with Gasteiger partial charge in [0.05, 0.1) is 6.10 Å². The topological polar surface area (TPSA) is 57.6 Å². The molecular weight excluding hydrogens is 300 g/mol. The quantitative estimate of drug-likeness (QED) is 0.925. The molecule has 0 aromatic heterocycles. The number of sulfonamides is 1. The normalized spacial score (nSPS) is 23.5. The molecule has 0 bridgehead atoms. The lowest BCUT2D eigenvalue weighted by Crippen LogP contribution is -2.38. The Kier molecular flexibility index (Phi) is 4.95. The Labute approximate surface area is 123 Å². The molecule has 1 saturated carbocycles. The fourth-order valence-corrected chi connectivity index (χ4v) is 3.97. The summed E-state index contributed by atoms with van der Waals surface area (Å²) in [7, 11) is -2.79. The van der Waals surface area contributed by atoms with Crippen LogP contribution >= 0.6 is 0 Å². The van der Waals surface area contributed by atoms with Crippen LogP contribution in [0.4, 0.5) is 8.78 Å². The molecule has 2 atom stereocenters. The van der Waals surface area contributed by atoms with Crippen molar-refractivity contribution in [2.24, 2.45) is 5.92 Å². The summed E-state index contributed by atoms with van der Waals surface area (Å²) in [6.07, 6.45) is 2.68. The van der Waals surface area contributed by atoms with Crippen molar-refractivity contribution in [2.45, 2.75) is 36.7 Å². The molecule has 7 heteroatoms. The van der Waals surface area contributed by atoms with Crippen molar-refractivity contribution < 1.29 is 22.3 Å². The molecule has 2 unspecified atom stereocenters. The summed E-state index contributed by atoms with van der Waals surface area (Å²) in [5, 5.41) is 9.90. The summed E-state index contributed by atoms with van der Waals surface area (Å²) in [6, 6.07) is 2.35. The van der Waals surface area contributed by atoms with Crippen LogP contribution in [-0.2, 0) is 10.0 Å². The first-order valence-corrected chi connectivity index (χ1v) is 8.36. The van der Waals surface area contributed by atoms with E-state index in [4.69, 9.17) is 0 Å². The van der Waals surface area contributed by atoms with E-state index in [2.05, 4.69) is 0 Å². The molecule has 1 aliphatic carbocycles. The highest BCUT2D eigenvalue weighted by Gasteiger charge is 2.30. The van der Waals surface area contributed by atoms with Gasteiger partial charge in [0.1, 0.15) is 16.5 Å². The smallest absolute Gasteiger partial charge is 0.245 e. The molecule has 2 rings (SSSR count). The van der Waals surface area contributed by atoms with Gasteiger partial charge < -0.3 is 5.11 Å². The van der Waals surface area contributed by atoms with Gasteiger partial charge in [0.2, 0.25) is 10.0 Å². The minimum absolute atomic E-state index is 0.0967. The number of benzene rings is 1. The maximum atomic E-state index is 13.7. The van der Waals surface area contributed by atoms with E-state index < -0.39 is 32.7 Å². The van der Waals surface area contributed by atoms with Crippen molar-refractivity contribution in [3.63, 3.8) is 0 Å². The van der Waals surface area contributed by atoms with Crippen LogP contribution in [0.3, 0.4) is 0 Å². The molecule has 0 saturated heterocycles. The van der Waals surface area contributed by atoms with Crippen LogP contribution in [0.1, 0.15) is 25.7 Å². The number of aliphatic hydroxyl groups excluding tert-OH is 1. The molecule has 0 spiro atoms. The highest BCUT2D eigenvalue weighted by molar-refractivity contribution is 7.89. The molecule has 4 nitrogen and oxygen atoms in total. The van der Waals surface area contributed by atoms with Gasteiger partial charge in [-0.05, 0) is 37.0 Å². The van der Waals surface area contributed by atoms with Crippen LogP contribution in [-0.4, -0.2) is 37.5 Å². The predicted molar refractivity (Wildman–Crippen MR) is 74.1 cm³/mol. The third-order valence-corrected chi connectivity index (χ3v) is 5.78. The van der Waals surface area contributed by atoms with Crippen LogP contribution in [0.15, 0.2) is 23.1 Å². The molecule has 1 aromatic rings. The van der Waals surface area contributed by atoms with E-state index in [1.54, 1.807) is 0 Å². The maximum Gasteiger partial charge on any atom is 0.245 e. The van der Waals surface area contributed by atoms with Crippen molar-refractivity contribution in [3.8, 4) is 0 Å². The summed E-state index contributed by atoms with van der Waals surface area (Å²) in [6.45, 7) is 0.0967. The summed E-state index contributed by atoms with van der Waals surface area (Å²) in [5.74, 6) is -1.95. The monoisotopic (exact) mass is 319 g/mol. The Balaban J connectivity index is 2.20. The van der Waals surface area contributed by atoms with E-state index >= 15 is 0 Å². The minimum atomic E-state index is -4.11. The minimum Gasteiger partial charge on any atom is -0.393 e. The van der Waals surface area contributed by atoms with E-state index in [1.165, 1.54) is 7.05 Å². The molecule has 118 valence electrons. The summed E-state index contributed by atoms with van der Waals surface area (Å²) < 4.78 is 52.5. The third-order valence-electron chi connectivity index (χ3n) is 3.94. The number of halogens is 2. The first-order chi connectivity index (χ1) is 9.82. The molecule has 0 radical (unpaired) electrons. The first kappa shape index (κ1) is 16.3. The molecule has 0 heterocycles. The van der Waals surface area contributed by atoms with Crippen molar-refractivity contribution in [1.29, 1.82) is 0 Å². The second kappa shape index (κ2) is 6.37. The molecule has 0 amide bonds. The lowest BCUT2D eigenvalue weighted by atomic mass is 9.86. The SMILES string of the molecule is CN(CC1CCCCC1O)S(=O)(=O)c1cc(F)ccc1F. The van der Waals surface area contributed by atoms with E-state index in [0.29, 0.717) is 12.5 Å². The number of nitrogens with zero attached hydrogens (tertiary/aromatic N) is 1. The van der Waals surface area contributed by atoms with Crippen LogP contribution in [0.5, 0.6) is 0 Å². The van der Waals surface area contributed by atoms with Gasteiger partial charge in [-0.1, -0.05) is 12.8 Å². The Morgan fingerprint density at radius 1 is 1.29 bits per heavy atom. The zero-order valence-corrected chi connectivity index (χ0v) is 12.6. The van der Waals surface area contributed by atoms with Crippen LogP contribution in [0.25, 0.3) is 0 Å². The fraction of sp³-hybridized carbons (Fsp3) is 0.571. The molecule has 1 aliphatic rings. The summed E-state index contributed by atoms with van der Waals surface area (Å²) in [4.78, 5) is -0.671. The van der Waals surface area contributed by atoms with Gasteiger partial charge in [0.15, 0.2) is 0 Å². The summed E-state index contributed by atoms with van der Waals surface area (Å²) >= 11 is 0. The molecule has 0 aliphatic heterocycles. The number of aliphatic hydroxyl groups is 1. The molecule has 1 fully saturated rings. The fourth-order valence-electron chi connectivity index (χ4n) is 2.67. The molecule has 1 N–H and O–H groups in total. The van der Waals surface area contributed by atoms with E-state index in [-0.39, 0.29) is 12.5 Å². The van der Waals surface area contributed by atoms with Gasteiger partial charge in [0, 0.05) is 13.6 Å². The zero-order chi connectivity index (χ0) is 15.6. The van der Waals surface area contributed by atoms with Gasteiger partial charge in [-0.3, -0.25) is 0 Å². The van der Waals surface area contributed by atoms with Gasteiger partial charge in [0.25, 0.3) is 0 Å². The maximum absolute atomic E-state index is 13.7. The Morgan fingerprint density at radius 2 is 1.95 bits per heavy atom. The number of rotatable bonds is 4. The molecular formula is C14H19F2NO3S. The lowest BCUT2D eigenvalue weighted by Gasteiger charge is -2.30. The number of hydrogen-bond donors (Lipinski definition) is 1. The highest BCUT2D eigenvalue weighted by Crippen LogP contribution is 2.27. The Morgan fingerprint density at radius 3 is 2.62 bits per heavy atom. The van der Waals surface area contributed by atoms with E-state index in [9.17, 15) is 22.3 Å². The van der Waals surface area contributed by atoms with Gasteiger partial charge in [-0.25, -0.2) is 21.5 Å². The van der Waals surface area contributed by atoms with Gasteiger partial charge in [-0.2, -0.15) is 0 Å². The van der Waals surface area contributed by atoms with Crippen molar-refractivity contribution in [3.05, 3.63) is 29.8 Å². The molecule has 21 heavy (non-hydrogen) atoms. The highest BCUT2D eigenvalue weighted by atomic mass is 32.2.